The second kappa shape index (κ2) is 2.63. The maximum absolute atomic E-state index is 10.8. The van der Waals surface area contributed by atoms with Crippen LogP contribution in [0.1, 0.15) is 34.7 Å². The van der Waals surface area contributed by atoms with Crippen LogP contribution in [0.4, 0.5) is 0 Å². The molecule has 0 saturated heterocycles. The second-order valence-corrected chi connectivity index (χ2v) is 3.17. The lowest BCUT2D eigenvalue weighted by Crippen LogP contribution is -2.00. The van der Waals surface area contributed by atoms with Gasteiger partial charge in [0.1, 0.15) is 0 Å². The van der Waals surface area contributed by atoms with Crippen LogP contribution in [0.2, 0.25) is 0 Å². The fourth-order valence-electron chi connectivity index (χ4n) is 1.44. The molecule has 1 aromatic rings. The van der Waals surface area contributed by atoms with Crippen LogP contribution in [0.3, 0.4) is 0 Å². The molecule has 1 aliphatic carbocycles. The normalized spacial score (nSPS) is 16.0. The van der Waals surface area contributed by atoms with E-state index in [1.165, 1.54) is 0 Å². The van der Waals surface area contributed by atoms with Gasteiger partial charge in [-0.1, -0.05) is 18.2 Å². The number of hydrogen-bond acceptors (Lipinski definition) is 1. The van der Waals surface area contributed by atoms with Gasteiger partial charge in [0.15, 0.2) is 0 Å². The Bertz CT molecular complexity index is 313. The quantitative estimate of drug-likeness (QED) is 0.724. The lowest BCUT2D eigenvalue weighted by molar-refractivity contribution is 0.0695. The van der Waals surface area contributed by atoms with Crippen LogP contribution in [0, 0.1) is 0 Å². The highest BCUT2D eigenvalue weighted by Crippen LogP contribution is 2.41. The molecule has 12 heavy (non-hydrogen) atoms. The summed E-state index contributed by atoms with van der Waals surface area (Å²) in [7, 11) is 0. The topological polar surface area (TPSA) is 37.3 Å². The summed E-state index contributed by atoms with van der Waals surface area (Å²) >= 11 is 0. The molecule has 0 unspecified atom stereocenters. The molecule has 0 amide bonds. The van der Waals surface area contributed by atoms with Gasteiger partial charge in [-0.05, 0) is 30.4 Å². The van der Waals surface area contributed by atoms with Gasteiger partial charge in [0.05, 0.1) is 5.56 Å². The summed E-state index contributed by atoms with van der Waals surface area (Å²) in [4.78, 5) is 10.8. The minimum atomic E-state index is -0.808. The third-order valence-electron chi connectivity index (χ3n) is 2.21. The smallest absolute Gasteiger partial charge is 0.335 e. The van der Waals surface area contributed by atoms with E-state index in [0.29, 0.717) is 11.5 Å². The molecule has 0 aliphatic heterocycles. The van der Waals surface area contributed by atoms with Crippen molar-refractivity contribution in [2.45, 2.75) is 18.8 Å². The molecule has 0 radical (unpaired) electrons. The van der Waals surface area contributed by atoms with Crippen molar-refractivity contribution in [1.29, 1.82) is 0 Å². The van der Waals surface area contributed by atoms with E-state index in [-0.39, 0.29) is 0 Å². The second-order valence-electron chi connectivity index (χ2n) is 3.17. The fraction of sp³-hybridized carbons (Fsp3) is 0.300. The molecule has 1 aliphatic rings. The Morgan fingerprint density at radius 2 is 2.00 bits per heavy atom. The molecule has 0 atom stereocenters. The van der Waals surface area contributed by atoms with E-state index >= 15 is 0 Å². The first kappa shape index (κ1) is 7.35. The maximum atomic E-state index is 10.8. The van der Waals surface area contributed by atoms with Gasteiger partial charge in [-0.25, -0.2) is 4.79 Å². The fourth-order valence-corrected chi connectivity index (χ4v) is 1.44. The van der Waals surface area contributed by atoms with Crippen molar-refractivity contribution in [1.82, 2.24) is 0 Å². The first-order valence-corrected chi connectivity index (χ1v) is 4.11. The molecular weight excluding hydrogens is 152 g/mol. The van der Waals surface area contributed by atoms with Crippen molar-refractivity contribution in [3.05, 3.63) is 35.4 Å². The Morgan fingerprint density at radius 1 is 1.33 bits per heavy atom. The third kappa shape index (κ3) is 1.20. The van der Waals surface area contributed by atoms with Crippen molar-refractivity contribution in [3.63, 3.8) is 0 Å². The average molecular weight is 162 g/mol. The van der Waals surface area contributed by atoms with E-state index in [4.69, 9.17) is 5.11 Å². The lowest BCUT2D eigenvalue weighted by Gasteiger charge is -2.01. The van der Waals surface area contributed by atoms with Crippen LogP contribution in [-0.2, 0) is 0 Å². The third-order valence-corrected chi connectivity index (χ3v) is 2.21. The summed E-state index contributed by atoms with van der Waals surface area (Å²) < 4.78 is 0. The van der Waals surface area contributed by atoms with Crippen LogP contribution >= 0.6 is 0 Å². The van der Waals surface area contributed by atoms with E-state index in [1.54, 1.807) is 12.1 Å². The van der Waals surface area contributed by atoms with Crippen molar-refractivity contribution >= 4 is 5.97 Å². The van der Waals surface area contributed by atoms with Crippen molar-refractivity contribution in [2.24, 2.45) is 0 Å². The Morgan fingerprint density at radius 3 is 2.58 bits per heavy atom. The Kier molecular flexibility index (Phi) is 1.61. The van der Waals surface area contributed by atoms with Crippen molar-refractivity contribution in [2.75, 3.05) is 0 Å². The first-order valence-electron chi connectivity index (χ1n) is 4.11. The molecular formula is C10H10O2. The van der Waals surface area contributed by atoms with E-state index < -0.39 is 5.97 Å². The van der Waals surface area contributed by atoms with Crippen LogP contribution in [0.5, 0.6) is 0 Å². The summed E-state index contributed by atoms with van der Waals surface area (Å²) in [6, 6.07) is 7.27. The van der Waals surface area contributed by atoms with Gasteiger partial charge in [0, 0.05) is 0 Å². The standard InChI is InChI=1S/C10H10O2/c11-10(12)9-4-2-1-3-8(9)7-5-6-7/h1-4,7H,5-6H2,(H,11,12). The Labute approximate surface area is 70.8 Å². The zero-order chi connectivity index (χ0) is 8.55. The zero-order valence-electron chi connectivity index (χ0n) is 6.66. The minimum Gasteiger partial charge on any atom is -0.478 e. The number of benzene rings is 1. The molecule has 2 rings (SSSR count). The monoisotopic (exact) mass is 162 g/mol. The molecule has 0 aromatic heterocycles. The molecule has 0 bridgehead atoms. The van der Waals surface area contributed by atoms with Gasteiger partial charge in [-0.15, -0.1) is 0 Å². The summed E-state index contributed by atoms with van der Waals surface area (Å²) in [5, 5.41) is 8.84. The van der Waals surface area contributed by atoms with Crippen LogP contribution in [-0.4, -0.2) is 11.1 Å². The average Bonchev–Trinajstić information content (AvgIpc) is 2.87. The number of rotatable bonds is 2. The zero-order valence-corrected chi connectivity index (χ0v) is 6.66. The van der Waals surface area contributed by atoms with E-state index in [1.807, 2.05) is 12.1 Å². The maximum Gasteiger partial charge on any atom is 0.335 e. The van der Waals surface area contributed by atoms with Crippen molar-refractivity contribution in [3.8, 4) is 0 Å². The highest BCUT2D eigenvalue weighted by Gasteiger charge is 2.27. The van der Waals surface area contributed by atoms with Crippen molar-refractivity contribution < 1.29 is 9.90 Å². The molecule has 62 valence electrons. The summed E-state index contributed by atoms with van der Waals surface area (Å²) in [5.74, 6) is -0.296. The van der Waals surface area contributed by atoms with Crippen LogP contribution in [0.25, 0.3) is 0 Å². The summed E-state index contributed by atoms with van der Waals surface area (Å²) in [5.41, 5.74) is 1.48. The highest BCUT2D eigenvalue weighted by atomic mass is 16.4. The predicted octanol–water partition coefficient (Wildman–Crippen LogP) is 2.26. The number of aromatic carboxylic acids is 1. The van der Waals surface area contributed by atoms with Gasteiger partial charge >= 0.3 is 5.97 Å². The van der Waals surface area contributed by atoms with Gasteiger partial charge in [-0.2, -0.15) is 0 Å². The minimum absolute atomic E-state index is 0.472. The molecule has 2 heteroatoms. The number of carbonyl (C=O) groups is 1. The number of carboxylic acid groups (broad SMARTS) is 1. The molecule has 2 nitrogen and oxygen atoms in total. The number of carboxylic acids is 1. The van der Waals surface area contributed by atoms with Crippen LogP contribution in [0.15, 0.2) is 24.3 Å². The lowest BCUT2D eigenvalue weighted by atomic mass is 10.0. The van der Waals surface area contributed by atoms with Crippen LogP contribution < -0.4 is 0 Å². The molecule has 1 fully saturated rings. The predicted molar refractivity (Wildman–Crippen MR) is 45.4 cm³/mol. The first-order chi connectivity index (χ1) is 5.79. The van der Waals surface area contributed by atoms with Gasteiger partial charge in [0.2, 0.25) is 0 Å². The Hall–Kier alpha value is -1.31. The van der Waals surface area contributed by atoms with Gasteiger partial charge < -0.3 is 5.11 Å². The highest BCUT2D eigenvalue weighted by molar-refractivity contribution is 5.89. The molecule has 1 aromatic carbocycles. The van der Waals surface area contributed by atoms with Gasteiger partial charge in [0.25, 0.3) is 0 Å². The molecule has 0 heterocycles. The molecule has 1 N–H and O–H groups in total. The summed E-state index contributed by atoms with van der Waals surface area (Å²) in [6.45, 7) is 0. The number of hydrogen-bond donors (Lipinski definition) is 1. The SMILES string of the molecule is O=C(O)c1ccccc1C1CC1. The van der Waals surface area contributed by atoms with E-state index in [9.17, 15) is 4.79 Å². The Balaban J connectivity index is 2.43. The van der Waals surface area contributed by atoms with Gasteiger partial charge in [-0.3, -0.25) is 0 Å². The summed E-state index contributed by atoms with van der Waals surface area (Å²) in [6.07, 6.45) is 2.29. The molecule has 1 saturated carbocycles. The molecule has 0 spiro atoms. The van der Waals surface area contributed by atoms with E-state index in [0.717, 1.165) is 18.4 Å². The largest absolute Gasteiger partial charge is 0.478 e. The van der Waals surface area contributed by atoms with E-state index in [2.05, 4.69) is 0 Å².